The highest BCUT2D eigenvalue weighted by atomic mass is 19.4. The molecule has 0 aliphatic rings. The lowest BCUT2D eigenvalue weighted by Gasteiger charge is -2.14. The minimum Gasteiger partial charge on any atom is -0.466 e. The predicted octanol–water partition coefficient (Wildman–Crippen LogP) is 2.73. The monoisotopic (exact) mass is 298 g/mol. The van der Waals surface area contributed by atoms with Gasteiger partial charge in [0.1, 0.15) is 5.69 Å². The van der Waals surface area contributed by atoms with Crippen molar-refractivity contribution < 1.29 is 31.5 Å². The molecular formula is C11H11F5N2O2. The molecule has 9 heteroatoms. The summed E-state index contributed by atoms with van der Waals surface area (Å²) in [6.07, 6.45) is -9.01. The number of hydrogen-bond acceptors (Lipinski definition) is 4. The lowest BCUT2D eigenvalue weighted by Crippen LogP contribution is -2.17. The van der Waals surface area contributed by atoms with E-state index in [2.05, 4.69) is 9.72 Å². The number of rotatable bonds is 4. The van der Waals surface area contributed by atoms with Crippen LogP contribution in [-0.4, -0.2) is 17.6 Å². The molecule has 0 saturated heterocycles. The van der Waals surface area contributed by atoms with Crippen LogP contribution in [0.25, 0.3) is 0 Å². The molecule has 0 amide bonds. The lowest BCUT2D eigenvalue weighted by atomic mass is 10.1. The molecule has 0 aromatic carbocycles. The first-order valence-electron chi connectivity index (χ1n) is 5.47. The number of esters is 1. The van der Waals surface area contributed by atoms with E-state index < -0.39 is 41.9 Å². The molecule has 0 unspecified atom stereocenters. The van der Waals surface area contributed by atoms with Gasteiger partial charge in [-0.2, -0.15) is 13.2 Å². The van der Waals surface area contributed by atoms with Gasteiger partial charge in [0.25, 0.3) is 6.43 Å². The molecule has 0 saturated carbocycles. The fraction of sp³-hybridized carbons (Fsp3) is 0.455. The number of anilines is 1. The Balaban J connectivity index is 3.24. The summed E-state index contributed by atoms with van der Waals surface area (Å²) in [4.78, 5) is 14.4. The normalized spacial score (nSPS) is 11.8. The molecule has 4 nitrogen and oxygen atoms in total. The zero-order valence-electron chi connectivity index (χ0n) is 10.3. The average Bonchev–Trinajstić information content (AvgIpc) is 2.30. The van der Waals surface area contributed by atoms with Crippen molar-refractivity contribution in [1.29, 1.82) is 0 Å². The van der Waals surface area contributed by atoms with E-state index in [1.165, 1.54) is 6.92 Å². The summed E-state index contributed by atoms with van der Waals surface area (Å²) in [6, 6.07) is 0.350. The van der Waals surface area contributed by atoms with Crippen LogP contribution in [0.2, 0.25) is 0 Å². The van der Waals surface area contributed by atoms with E-state index in [9.17, 15) is 26.7 Å². The van der Waals surface area contributed by atoms with E-state index in [0.717, 1.165) is 0 Å². The molecule has 0 atom stereocenters. The van der Waals surface area contributed by atoms with Crippen LogP contribution in [0.5, 0.6) is 0 Å². The first-order valence-corrected chi connectivity index (χ1v) is 5.47. The zero-order chi connectivity index (χ0) is 15.5. The van der Waals surface area contributed by atoms with Gasteiger partial charge in [-0.15, -0.1) is 0 Å². The van der Waals surface area contributed by atoms with E-state index in [4.69, 9.17) is 5.73 Å². The van der Waals surface area contributed by atoms with Crippen molar-refractivity contribution in [2.24, 2.45) is 0 Å². The quantitative estimate of drug-likeness (QED) is 0.685. The third-order valence-electron chi connectivity index (χ3n) is 2.29. The van der Waals surface area contributed by atoms with Crippen molar-refractivity contribution >= 4 is 11.7 Å². The molecule has 0 bridgehead atoms. The topological polar surface area (TPSA) is 65.2 Å². The third kappa shape index (κ3) is 3.78. The van der Waals surface area contributed by atoms with Gasteiger partial charge >= 0.3 is 12.1 Å². The van der Waals surface area contributed by atoms with Crippen LogP contribution in [0.4, 0.5) is 27.6 Å². The first-order chi connectivity index (χ1) is 9.16. The second kappa shape index (κ2) is 6.02. The Morgan fingerprint density at radius 1 is 1.45 bits per heavy atom. The number of ether oxygens (including phenoxy) is 1. The Bertz CT molecular complexity index is 502. The number of pyridine rings is 1. The van der Waals surface area contributed by atoms with Crippen LogP contribution in [0.1, 0.15) is 30.3 Å². The molecule has 1 rings (SSSR count). The van der Waals surface area contributed by atoms with Gasteiger partial charge in [-0.1, -0.05) is 0 Å². The highest BCUT2D eigenvalue weighted by molar-refractivity contribution is 5.74. The van der Waals surface area contributed by atoms with Gasteiger partial charge < -0.3 is 10.5 Å². The van der Waals surface area contributed by atoms with Gasteiger partial charge in [0, 0.05) is 0 Å². The second-order valence-corrected chi connectivity index (χ2v) is 3.74. The molecule has 112 valence electrons. The van der Waals surface area contributed by atoms with Crippen molar-refractivity contribution in [3.8, 4) is 0 Å². The van der Waals surface area contributed by atoms with Crippen molar-refractivity contribution in [3.05, 3.63) is 23.0 Å². The average molecular weight is 298 g/mol. The summed E-state index contributed by atoms with van der Waals surface area (Å²) in [5.74, 6) is -0.813. The van der Waals surface area contributed by atoms with Crippen molar-refractivity contribution in [1.82, 2.24) is 4.98 Å². The van der Waals surface area contributed by atoms with Gasteiger partial charge in [0.2, 0.25) is 0 Å². The number of nitrogens with zero attached hydrogens (tertiary/aromatic N) is 1. The van der Waals surface area contributed by atoms with Crippen LogP contribution < -0.4 is 5.73 Å². The number of carbonyl (C=O) groups is 1. The molecule has 0 spiro atoms. The Labute approximate surface area is 110 Å². The highest BCUT2D eigenvalue weighted by Crippen LogP contribution is 2.37. The maximum Gasteiger partial charge on any atom is 0.418 e. The molecule has 20 heavy (non-hydrogen) atoms. The summed E-state index contributed by atoms with van der Waals surface area (Å²) in [6.45, 7) is 1.56. The molecule has 0 aliphatic carbocycles. The molecule has 1 aromatic heterocycles. The Morgan fingerprint density at radius 3 is 2.50 bits per heavy atom. The summed E-state index contributed by atoms with van der Waals surface area (Å²) >= 11 is 0. The van der Waals surface area contributed by atoms with E-state index in [1.807, 2.05) is 0 Å². The van der Waals surface area contributed by atoms with Crippen LogP contribution in [0, 0.1) is 0 Å². The molecule has 2 N–H and O–H groups in total. The number of hydrogen-bond donors (Lipinski definition) is 1. The van der Waals surface area contributed by atoms with Crippen LogP contribution in [-0.2, 0) is 22.1 Å². The van der Waals surface area contributed by atoms with Crippen LogP contribution >= 0.6 is 0 Å². The van der Waals surface area contributed by atoms with Gasteiger partial charge in [-0.3, -0.25) is 4.79 Å². The minimum atomic E-state index is -5.00. The summed E-state index contributed by atoms with van der Waals surface area (Å²) < 4.78 is 67.6. The fourth-order valence-corrected chi connectivity index (χ4v) is 1.47. The fourth-order valence-electron chi connectivity index (χ4n) is 1.47. The molecule has 1 heterocycles. The minimum absolute atomic E-state index is 0.0427. The molecule has 1 aromatic rings. The van der Waals surface area contributed by atoms with Crippen LogP contribution in [0.15, 0.2) is 6.07 Å². The standard InChI is InChI=1S/C11H11F5N2O2/c1-2-20-8(19)4-7-6(17)3-5(11(14,15)16)9(18-7)10(12)13/h3,10H,2,4,17H2,1H3. The second-order valence-electron chi connectivity index (χ2n) is 3.74. The Kier molecular flexibility index (Phi) is 4.85. The number of alkyl halides is 5. The largest absolute Gasteiger partial charge is 0.466 e. The van der Waals surface area contributed by atoms with Gasteiger partial charge in [0.05, 0.1) is 30.0 Å². The SMILES string of the molecule is CCOC(=O)Cc1nc(C(F)F)c(C(F)(F)F)cc1N. The number of aromatic nitrogens is 1. The smallest absolute Gasteiger partial charge is 0.418 e. The van der Waals surface area contributed by atoms with E-state index in [-0.39, 0.29) is 12.3 Å². The molecule has 0 fully saturated rings. The van der Waals surface area contributed by atoms with Gasteiger partial charge in [0.15, 0.2) is 0 Å². The van der Waals surface area contributed by atoms with E-state index >= 15 is 0 Å². The highest BCUT2D eigenvalue weighted by Gasteiger charge is 2.37. The number of nitrogen functional groups attached to an aromatic ring is 1. The summed E-state index contributed by atoms with van der Waals surface area (Å²) in [5.41, 5.74) is 1.39. The number of nitrogens with two attached hydrogens (primary N) is 1. The third-order valence-corrected chi connectivity index (χ3v) is 2.29. The molecule has 0 aliphatic heterocycles. The van der Waals surface area contributed by atoms with Crippen molar-refractivity contribution in [2.45, 2.75) is 25.9 Å². The van der Waals surface area contributed by atoms with Crippen LogP contribution in [0.3, 0.4) is 0 Å². The zero-order valence-corrected chi connectivity index (χ0v) is 10.3. The summed E-state index contributed by atoms with van der Waals surface area (Å²) in [5, 5.41) is 0. The van der Waals surface area contributed by atoms with Crippen molar-refractivity contribution in [3.63, 3.8) is 0 Å². The Morgan fingerprint density at radius 2 is 2.05 bits per heavy atom. The van der Waals surface area contributed by atoms with Gasteiger partial charge in [-0.25, -0.2) is 13.8 Å². The summed E-state index contributed by atoms with van der Waals surface area (Å²) in [7, 11) is 0. The predicted molar refractivity (Wildman–Crippen MR) is 58.9 cm³/mol. The number of halogens is 5. The van der Waals surface area contributed by atoms with Gasteiger partial charge in [-0.05, 0) is 13.0 Å². The first kappa shape index (κ1) is 16.1. The number of carbonyl (C=O) groups excluding carboxylic acids is 1. The van der Waals surface area contributed by atoms with E-state index in [0.29, 0.717) is 6.07 Å². The maximum atomic E-state index is 12.6. The van der Waals surface area contributed by atoms with Crippen molar-refractivity contribution in [2.75, 3.05) is 12.3 Å². The molecular weight excluding hydrogens is 287 g/mol. The Hall–Kier alpha value is -1.93. The maximum absolute atomic E-state index is 12.6. The van der Waals surface area contributed by atoms with E-state index in [1.54, 1.807) is 0 Å². The molecule has 0 radical (unpaired) electrons. The lowest BCUT2D eigenvalue weighted by molar-refractivity contribution is -0.142.